The van der Waals surface area contributed by atoms with E-state index in [9.17, 15) is 0 Å². The van der Waals surface area contributed by atoms with Crippen LogP contribution < -0.4 is 5.73 Å². The summed E-state index contributed by atoms with van der Waals surface area (Å²) in [6, 6.07) is 10.9. The lowest BCUT2D eigenvalue weighted by Gasteiger charge is -2.15. The second-order valence-corrected chi connectivity index (χ2v) is 4.96. The van der Waals surface area contributed by atoms with E-state index in [2.05, 4.69) is 37.3 Å². The number of rotatable bonds is 4. The van der Waals surface area contributed by atoms with Crippen molar-refractivity contribution in [1.82, 2.24) is 0 Å². The number of hydrogen-bond acceptors (Lipinski definition) is 2. The van der Waals surface area contributed by atoms with Crippen LogP contribution in [0, 0.1) is 5.41 Å². The highest BCUT2D eigenvalue weighted by atomic mass is 16.1. The molecule has 1 saturated carbocycles. The van der Waals surface area contributed by atoms with Gasteiger partial charge in [-0.1, -0.05) is 37.3 Å². The van der Waals surface area contributed by atoms with Crippen molar-refractivity contribution < 1.29 is 4.79 Å². The van der Waals surface area contributed by atoms with E-state index in [1.54, 1.807) is 0 Å². The maximum atomic E-state index is 8.00. The Labute approximate surface area is 97.9 Å². The first-order chi connectivity index (χ1) is 7.68. The summed E-state index contributed by atoms with van der Waals surface area (Å²) in [5.74, 6) is 0. The SMILES string of the molecule is C=O.CC1(C[C@@H](N)Cc2ccccc2)CC1. The quantitative estimate of drug-likeness (QED) is 0.845. The first-order valence-electron chi connectivity index (χ1n) is 5.76. The molecule has 0 bridgehead atoms. The molecule has 2 heteroatoms. The predicted octanol–water partition coefficient (Wildman–Crippen LogP) is 2.56. The van der Waals surface area contributed by atoms with Gasteiger partial charge in [-0.3, -0.25) is 0 Å². The van der Waals surface area contributed by atoms with Crippen molar-refractivity contribution >= 4 is 6.79 Å². The predicted molar refractivity (Wildman–Crippen MR) is 67.2 cm³/mol. The highest BCUT2D eigenvalue weighted by Gasteiger charge is 2.38. The minimum atomic E-state index is 0.338. The van der Waals surface area contributed by atoms with Crippen LogP contribution in [0.15, 0.2) is 30.3 Å². The van der Waals surface area contributed by atoms with Crippen molar-refractivity contribution in [2.75, 3.05) is 0 Å². The van der Waals surface area contributed by atoms with Crippen molar-refractivity contribution in [2.24, 2.45) is 11.1 Å². The molecule has 1 aromatic carbocycles. The van der Waals surface area contributed by atoms with Crippen LogP contribution in [0.3, 0.4) is 0 Å². The summed E-state index contributed by atoms with van der Waals surface area (Å²) in [4.78, 5) is 8.00. The van der Waals surface area contributed by atoms with Crippen LogP contribution in [0.4, 0.5) is 0 Å². The molecule has 0 amide bonds. The average Bonchev–Trinajstić information content (AvgIpc) is 3.00. The Kier molecular flexibility index (Phi) is 4.69. The smallest absolute Gasteiger partial charge is 0.106 e. The Hall–Kier alpha value is -1.15. The molecular formula is C14H21NO. The van der Waals surface area contributed by atoms with Gasteiger partial charge in [-0.05, 0) is 36.7 Å². The summed E-state index contributed by atoms with van der Waals surface area (Å²) in [5.41, 5.74) is 8.07. The zero-order valence-corrected chi connectivity index (χ0v) is 9.99. The van der Waals surface area contributed by atoms with Gasteiger partial charge in [-0.15, -0.1) is 0 Å². The Morgan fingerprint density at radius 2 is 1.88 bits per heavy atom. The molecule has 1 aliphatic carbocycles. The Balaban J connectivity index is 0.000000606. The normalized spacial score (nSPS) is 18.1. The molecule has 0 aromatic heterocycles. The van der Waals surface area contributed by atoms with Gasteiger partial charge < -0.3 is 10.5 Å². The molecule has 0 radical (unpaired) electrons. The van der Waals surface area contributed by atoms with Crippen LogP contribution in [-0.2, 0) is 11.2 Å². The van der Waals surface area contributed by atoms with Crippen LogP contribution in [-0.4, -0.2) is 12.8 Å². The molecule has 2 nitrogen and oxygen atoms in total. The molecule has 0 spiro atoms. The first kappa shape index (κ1) is 12.9. The lowest BCUT2D eigenvalue weighted by atomic mass is 9.95. The Bertz CT molecular complexity index is 306. The Morgan fingerprint density at radius 3 is 2.38 bits per heavy atom. The van der Waals surface area contributed by atoms with E-state index in [0.29, 0.717) is 11.5 Å². The van der Waals surface area contributed by atoms with E-state index in [-0.39, 0.29) is 0 Å². The maximum Gasteiger partial charge on any atom is 0.106 e. The minimum Gasteiger partial charge on any atom is -0.327 e. The Morgan fingerprint density at radius 1 is 1.31 bits per heavy atom. The average molecular weight is 219 g/mol. The molecule has 0 aliphatic heterocycles. The summed E-state index contributed by atoms with van der Waals surface area (Å²) >= 11 is 0. The van der Waals surface area contributed by atoms with Crippen LogP contribution in [0.1, 0.15) is 31.7 Å². The second kappa shape index (κ2) is 5.80. The molecule has 1 aliphatic rings. The summed E-state index contributed by atoms with van der Waals surface area (Å²) in [5, 5.41) is 0. The molecule has 1 aromatic rings. The third-order valence-electron chi connectivity index (χ3n) is 3.20. The number of nitrogens with two attached hydrogens (primary N) is 1. The van der Waals surface area contributed by atoms with E-state index < -0.39 is 0 Å². The second-order valence-electron chi connectivity index (χ2n) is 4.96. The fourth-order valence-electron chi connectivity index (χ4n) is 2.04. The summed E-state index contributed by atoms with van der Waals surface area (Å²) in [7, 11) is 0. The van der Waals surface area contributed by atoms with Gasteiger partial charge >= 0.3 is 0 Å². The third kappa shape index (κ3) is 4.15. The molecule has 1 fully saturated rings. The zero-order valence-electron chi connectivity index (χ0n) is 9.99. The zero-order chi connectivity index (χ0) is 12.0. The van der Waals surface area contributed by atoms with Gasteiger partial charge in [0.15, 0.2) is 0 Å². The van der Waals surface area contributed by atoms with Gasteiger partial charge in [0.1, 0.15) is 6.79 Å². The highest BCUT2D eigenvalue weighted by molar-refractivity contribution is 5.16. The molecular weight excluding hydrogens is 198 g/mol. The summed E-state index contributed by atoms with van der Waals surface area (Å²) in [6.07, 6.45) is 4.95. The van der Waals surface area contributed by atoms with Gasteiger partial charge in [0.25, 0.3) is 0 Å². The summed E-state index contributed by atoms with van der Waals surface area (Å²) < 4.78 is 0. The molecule has 16 heavy (non-hydrogen) atoms. The topological polar surface area (TPSA) is 43.1 Å². The fourth-order valence-corrected chi connectivity index (χ4v) is 2.04. The van der Waals surface area contributed by atoms with Crippen molar-refractivity contribution in [1.29, 1.82) is 0 Å². The van der Waals surface area contributed by atoms with Gasteiger partial charge in [0.2, 0.25) is 0 Å². The van der Waals surface area contributed by atoms with E-state index in [1.165, 1.54) is 24.8 Å². The molecule has 0 heterocycles. The van der Waals surface area contributed by atoms with Gasteiger partial charge in [-0.25, -0.2) is 0 Å². The standard InChI is InChI=1S/C13H19N.CH2O/c1-13(7-8-13)10-12(14)9-11-5-3-2-4-6-11;1-2/h2-6,12H,7-10,14H2,1H3;1H2/t12-;/m0./s1. The molecule has 2 N–H and O–H groups in total. The number of benzene rings is 1. The first-order valence-corrected chi connectivity index (χ1v) is 5.76. The molecule has 2 rings (SSSR count). The lowest BCUT2D eigenvalue weighted by Crippen LogP contribution is -2.25. The maximum absolute atomic E-state index is 8.00. The molecule has 0 saturated heterocycles. The summed E-state index contributed by atoms with van der Waals surface area (Å²) in [6.45, 7) is 4.35. The van der Waals surface area contributed by atoms with E-state index in [1.807, 2.05) is 6.79 Å². The monoisotopic (exact) mass is 219 g/mol. The number of carbonyl (C=O) groups excluding carboxylic acids is 1. The fraction of sp³-hybridized carbons (Fsp3) is 0.500. The van der Waals surface area contributed by atoms with E-state index in [0.717, 1.165) is 6.42 Å². The van der Waals surface area contributed by atoms with Crippen molar-refractivity contribution in [2.45, 2.75) is 38.6 Å². The third-order valence-corrected chi connectivity index (χ3v) is 3.20. The van der Waals surface area contributed by atoms with Crippen LogP contribution >= 0.6 is 0 Å². The van der Waals surface area contributed by atoms with Crippen molar-refractivity contribution in [3.05, 3.63) is 35.9 Å². The van der Waals surface area contributed by atoms with Crippen molar-refractivity contribution in [3.8, 4) is 0 Å². The molecule has 0 unspecified atom stereocenters. The number of hydrogen-bond donors (Lipinski definition) is 1. The largest absolute Gasteiger partial charge is 0.327 e. The minimum absolute atomic E-state index is 0.338. The van der Waals surface area contributed by atoms with Gasteiger partial charge in [-0.2, -0.15) is 0 Å². The highest BCUT2D eigenvalue weighted by Crippen LogP contribution is 2.48. The van der Waals surface area contributed by atoms with E-state index in [4.69, 9.17) is 10.5 Å². The van der Waals surface area contributed by atoms with Crippen molar-refractivity contribution in [3.63, 3.8) is 0 Å². The van der Waals surface area contributed by atoms with Crippen LogP contribution in [0.25, 0.3) is 0 Å². The van der Waals surface area contributed by atoms with Gasteiger partial charge in [0, 0.05) is 6.04 Å². The lowest BCUT2D eigenvalue weighted by molar-refractivity contribution is -0.0979. The molecule has 1 atom stereocenters. The van der Waals surface area contributed by atoms with Crippen LogP contribution in [0.5, 0.6) is 0 Å². The van der Waals surface area contributed by atoms with E-state index >= 15 is 0 Å². The molecule has 88 valence electrons. The number of carbonyl (C=O) groups is 1. The van der Waals surface area contributed by atoms with Crippen LogP contribution in [0.2, 0.25) is 0 Å². The van der Waals surface area contributed by atoms with Gasteiger partial charge in [0.05, 0.1) is 0 Å².